The Labute approximate surface area is 161 Å². The molecule has 1 N–H and O–H groups in total. The average Bonchev–Trinajstić information content (AvgIpc) is 3.07. The molecule has 0 saturated carbocycles. The predicted octanol–water partition coefficient (Wildman–Crippen LogP) is 1.85. The lowest BCUT2D eigenvalue weighted by Gasteiger charge is -2.32. The third kappa shape index (κ3) is 5.01. The third-order valence-corrected chi connectivity index (χ3v) is 4.85. The summed E-state index contributed by atoms with van der Waals surface area (Å²) < 4.78 is 7.75. The predicted molar refractivity (Wildman–Crippen MR) is 109 cm³/mol. The summed E-state index contributed by atoms with van der Waals surface area (Å²) in [6.07, 6.45) is 4.18. The van der Waals surface area contributed by atoms with Gasteiger partial charge in [-0.15, -0.1) is 0 Å². The summed E-state index contributed by atoms with van der Waals surface area (Å²) in [6, 6.07) is 8.38. The van der Waals surface area contributed by atoms with Crippen LogP contribution < -0.4 is 10.2 Å². The average molecular weight is 371 g/mol. The van der Waals surface area contributed by atoms with Crippen LogP contribution >= 0.6 is 0 Å². The van der Waals surface area contributed by atoms with Gasteiger partial charge in [-0.3, -0.25) is 4.99 Å². The number of hydrogen-bond acceptors (Lipinski definition) is 4. The molecule has 0 aromatic carbocycles. The Kier molecular flexibility index (Phi) is 6.34. The molecule has 1 aliphatic rings. The van der Waals surface area contributed by atoms with E-state index in [4.69, 9.17) is 4.74 Å². The molecule has 1 aliphatic heterocycles. The van der Waals surface area contributed by atoms with Gasteiger partial charge in [0.05, 0.1) is 19.3 Å². The molecular weight excluding hydrogens is 340 g/mol. The highest BCUT2D eigenvalue weighted by atomic mass is 16.5. The standard InChI is InChI=1S/C20H30N6O/c1-16-14-26(10-11-27-16)19-12-17(7-8-22-19)13-23-20(21-2)25(4)15-18-6-5-9-24(18)3/h5-9,12,16H,10-11,13-15H2,1-4H3,(H,21,23). The number of aryl methyl sites for hydroxylation is 1. The zero-order chi connectivity index (χ0) is 19.2. The monoisotopic (exact) mass is 370 g/mol. The molecule has 146 valence electrons. The van der Waals surface area contributed by atoms with Crippen LogP contribution in [-0.2, 0) is 24.9 Å². The van der Waals surface area contributed by atoms with Crippen molar-refractivity contribution in [3.63, 3.8) is 0 Å². The molecular formula is C20H30N6O. The van der Waals surface area contributed by atoms with Gasteiger partial charge in [0, 0.05) is 58.9 Å². The van der Waals surface area contributed by atoms with Gasteiger partial charge >= 0.3 is 0 Å². The first-order valence-electron chi connectivity index (χ1n) is 9.40. The van der Waals surface area contributed by atoms with Crippen LogP contribution in [0.15, 0.2) is 41.7 Å². The van der Waals surface area contributed by atoms with Crippen LogP contribution in [0.2, 0.25) is 0 Å². The number of anilines is 1. The summed E-state index contributed by atoms with van der Waals surface area (Å²) in [4.78, 5) is 13.4. The molecule has 1 fully saturated rings. The molecule has 27 heavy (non-hydrogen) atoms. The topological polar surface area (TPSA) is 57.9 Å². The van der Waals surface area contributed by atoms with E-state index in [-0.39, 0.29) is 6.10 Å². The maximum Gasteiger partial charge on any atom is 0.194 e. The number of guanidine groups is 1. The molecule has 1 unspecified atom stereocenters. The molecule has 2 aromatic rings. The maximum atomic E-state index is 5.63. The van der Waals surface area contributed by atoms with Gasteiger partial charge in [-0.25, -0.2) is 4.98 Å². The summed E-state index contributed by atoms with van der Waals surface area (Å²) in [7, 11) is 5.93. The Balaban J connectivity index is 1.59. The number of pyridine rings is 1. The largest absolute Gasteiger partial charge is 0.375 e. The van der Waals surface area contributed by atoms with E-state index in [1.54, 1.807) is 0 Å². The molecule has 0 radical (unpaired) electrons. The molecule has 7 nitrogen and oxygen atoms in total. The number of morpholine rings is 1. The highest BCUT2D eigenvalue weighted by molar-refractivity contribution is 5.79. The third-order valence-electron chi connectivity index (χ3n) is 4.85. The van der Waals surface area contributed by atoms with Crippen molar-refractivity contribution in [3.8, 4) is 0 Å². The number of nitrogens with zero attached hydrogens (tertiary/aromatic N) is 5. The molecule has 0 amide bonds. The number of ether oxygens (including phenoxy) is 1. The van der Waals surface area contributed by atoms with E-state index in [0.717, 1.165) is 38.0 Å². The summed E-state index contributed by atoms with van der Waals surface area (Å²) in [5.41, 5.74) is 2.43. The van der Waals surface area contributed by atoms with Crippen molar-refractivity contribution < 1.29 is 4.74 Å². The minimum absolute atomic E-state index is 0.243. The van der Waals surface area contributed by atoms with Gasteiger partial charge in [-0.05, 0) is 36.8 Å². The van der Waals surface area contributed by atoms with Gasteiger partial charge in [0.15, 0.2) is 5.96 Å². The zero-order valence-electron chi connectivity index (χ0n) is 16.7. The summed E-state index contributed by atoms with van der Waals surface area (Å²) in [5, 5.41) is 3.45. The van der Waals surface area contributed by atoms with Crippen LogP contribution in [-0.4, -0.2) is 60.3 Å². The Morgan fingerprint density at radius 3 is 3.00 bits per heavy atom. The van der Waals surface area contributed by atoms with E-state index in [0.29, 0.717) is 6.54 Å². The van der Waals surface area contributed by atoms with Crippen LogP contribution in [0.1, 0.15) is 18.2 Å². The molecule has 3 rings (SSSR count). The van der Waals surface area contributed by atoms with Crippen LogP contribution in [0.5, 0.6) is 0 Å². The number of aliphatic imine (C=N–C) groups is 1. The smallest absolute Gasteiger partial charge is 0.194 e. The number of hydrogen-bond donors (Lipinski definition) is 1. The van der Waals surface area contributed by atoms with Crippen molar-refractivity contribution in [2.24, 2.45) is 12.0 Å². The van der Waals surface area contributed by atoms with Gasteiger partial charge in [0.25, 0.3) is 0 Å². The molecule has 0 aliphatic carbocycles. The number of rotatable bonds is 5. The van der Waals surface area contributed by atoms with E-state index in [2.05, 4.69) is 75.1 Å². The highest BCUT2D eigenvalue weighted by Crippen LogP contribution is 2.16. The maximum absolute atomic E-state index is 5.63. The van der Waals surface area contributed by atoms with Gasteiger partial charge in [-0.2, -0.15) is 0 Å². The van der Waals surface area contributed by atoms with Crippen molar-refractivity contribution >= 4 is 11.8 Å². The van der Waals surface area contributed by atoms with Gasteiger partial charge in [0.2, 0.25) is 0 Å². The highest BCUT2D eigenvalue weighted by Gasteiger charge is 2.18. The van der Waals surface area contributed by atoms with E-state index >= 15 is 0 Å². The van der Waals surface area contributed by atoms with Crippen molar-refractivity contribution in [1.82, 2.24) is 19.8 Å². The molecule has 1 atom stereocenters. The second kappa shape index (κ2) is 8.90. The van der Waals surface area contributed by atoms with E-state index < -0.39 is 0 Å². The quantitative estimate of drug-likeness (QED) is 0.643. The Morgan fingerprint density at radius 2 is 2.30 bits per heavy atom. The summed E-state index contributed by atoms with van der Waals surface area (Å²) >= 11 is 0. The van der Waals surface area contributed by atoms with Gasteiger partial charge in [0.1, 0.15) is 5.82 Å². The fourth-order valence-electron chi connectivity index (χ4n) is 3.31. The van der Waals surface area contributed by atoms with E-state index in [9.17, 15) is 0 Å². The molecule has 7 heteroatoms. The lowest BCUT2D eigenvalue weighted by molar-refractivity contribution is 0.0529. The van der Waals surface area contributed by atoms with E-state index in [1.807, 2.05) is 19.3 Å². The minimum Gasteiger partial charge on any atom is -0.375 e. The zero-order valence-corrected chi connectivity index (χ0v) is 16.7. The number of aromatic nitrogens is 2. The molecule has 0 bridgehead atoms. The molecule has 3 heterocycles. The van der Waals surface area contributed by atoms with Crippen LogP contribution in [0.25, 0.3) is 0 Å². The van der Waals surface area contributed by atoms with E-state index in [1.165, 1.54) is 11.3 Å². The van der Waals surface area contributed by atoms with Crippen molar-refractivity contribution in [2.45, 2.75) is 26.1 Å². The second-order valence-corrected chi connectivity index (χ2v) is 7.02. The Morgan fingerprint density at radius 1 is 1.44 bits per heavy atom. The summed E-state index contributed by atoms with van der Waals surface area (Å²) in [6.45, 7) is 6.13. The SMILES string of the molecule is CN=C(NCc1ccnc(N2CCOC(C)C2)c1)N(C)Cc1cccn1C. The first-order valence-corrected chi connectivity index (χ1v) is 9.40. The first kappa shape index (κ1) is 19.2. The molecule has 2 aromatic heterocycles. The van der Waals surface area contributed by atoms with Crippen LogP contribution in [0.4, 0.5) is 5.82 Å². The fraction of sp³-hybridized carbons (Fsp3) is 0.500. The Bertz CT molecular complexity index is 771. The minimum atomic E-state index is 0.243. The molecule has 1 saturated heterocycles. The first-order chi connectivity index (χ1) is 13.1. The summed E-state index contributed by atoms with van der Waals surface area (Å²) in [5.74, 6) is 1.88. The van der Waals surface area contributed by atoms with Crippen molar-refractivity contribution in [2.75, 3.05) is 38.7 Å². The van der Waals surface area contributed by atoms with Crippen LogP contribution in [0, 0.1) is 0 Å². The van der Waals surface area contributed by atoms with Crippen molar-refractivity contribution in [3.05, 3.63) is 47.9 Å². The van der Waals surface area contributed by atoms with Gasteiger partial charge < -0.3 is 24.4 Å². The number of nitrogens with one attached hydrogen (secondary N) is 1. The van der Waals surface area contributed by atoms with Crippen molar-refractivity contribution in [1.29, 1.82) is 0 Å². The fourth-order valence-corrected chi connectivity index (χ4v) is 3.31. The lowest BCUT2D eigenvalue weighted by Crippen LogP contribution is -2.41. The van der Waals surface area contributed by atoms with Gasteiger partial charge in [-0.1, -0.05) is 0 Å². The Hall–Kier alpha value is -2.54. The normalized spacial score (nSPS) is 17.9. The van der Waals surface area contributed by atoms with Crippen LogP contribution in [0.3, 0.4) is 0 Å². The molecule has 0 spiro atoms. The second-order valence-electron chi connectivity index (χ2n) is 7.02. The lowest BCUT2D eigenvalue weighted by atomic mass is 10.2.